The van der Waals surface area contributed by atoms with Crippen molar-refractivity contribution >= 4 is 73.3 Å². The van der Waals surface area contributed by atoms with Crippen LogP contribution in [0, 0.1) is 0 Å². The number of anilines is 2. The van der Waals surface area contributed by atoms with Gasteiger partial charge in [-0.2, -0.15) is 0 Å². The average Bonchev–Trinajstić information content (AvgIpc) is 3.97. The Morgan fingerprint density at radius 3 is 1.82 bits per heavy atom. The highest BCUT2D eigenvalue weighted by Gasteiger charge is 2.40. The Bertz CT molecular complexity index is 3770. The van der Waals surface area contributed by atoms with Crippen LogP contribution in [0.25, 0.3) is 82.8 Å². The Morgan fingerprint density at radius 2 is 1.14 bits per heavy atom. The number of para-hydroxylation sites is 1. The third kappa shape index (κ3) is 5.27. The van der Waals surface area contributed by atoms with Crippen LogP contribution in [0.5, 0.6) is 0 Å². The molecule has 13 rings (SSSR count). The Kier molecular flexibility index (Phi) is 7.78. The first-order valence-electron chi connectivity index (χ1n) is 23.8. The molecule has 3 nitrogen and oxygen atoms in total. The zero-order valence-corrected chi connectivity index (χ0v) is 39.7. The molecule has 0 amide bonds. The number of hydrogen-bond donors (Lipinski definition) is 1. The number of furan rings is 1. The van der Waals surface area contributed by atoms with Gasteiger partial charge in [0, 0.05) is 49.6 Å². The molecular weight excluding hydrogens is 800 g/mol. The van der Waals surface area contributed by atoms with Gasteiger partial charge in [0.2, 0.25) is 0 Å². The molecule has 321 valence electrons. The second kappa shape index (κ2) is 13.0. The molecule has 1 N–H and O–H groups in total. The lowest BCUT2D eigenvalue weighted by molar-refractivity contribution is 0.590. The van der Waals surface area contributed by atoms with E-state index in [0.29, 0.717) is 0 Å². The molecule has 0 unspecified atom stereocenters. The first-order chi connectivity index (χ1) is 31.5. The molecule has 0 saturated heterocycles. The highest BCUT2D eigenvalue weighted by molar-refractivity contribution is 6.74. The lowest BCUT2D eigenvalue weighted by Gasteiger charge is -2.28. The Hall–Kier alpha value is -6.78. The van der Waals surface area contributed by atoms with Crippen molar-refractivity contribution in [3.63, 3.8) is 0 Å². The summed E-state index contributed by atoms with van der Waals surface area (Å²) >= 11 is 0. The van der Waals surface area contributed by atoms with Gasteiger partial charge < -0.3 is 14.3 Å². The molecule has 3 aliphatic rings. The summed E-state index contributed by atoms with van der Waals surface area (Å²) in [6.45, 7) is 23.3. The standard InChI is InChI=1S/C62H54BN2O/c1-59(2,3)34-23-26-36(27-24-34)64-49-32-46-40(37-17-11-14-20-44(37)61(46,7)8)30-42(49)53-54-39-19-13-16-22-52(39)66-58(54)55-43-29-35(60(4,5)6)25-28-50(43)65-51-33-47-41(31-48(51)63-56(53)57(55)65)38-18-12-15-21-45(38)62(47,9)10/h11-33,64H,1-10H3. The topological polar surface area (TPSA) is 30.1 Å². The number of nitrogens with zero attached hydrogens (tertiary/aromatic N) is 1. The van der Waals surface area contributed by atoms with Gasteiger partial charge in [-0.05, 0) is 126 Å². The van der Waals surface area contributed by atoms with Crippen molar-refractivity contribution in [3.05, 3.63) is 173 Å². The monoisotopic (exact) mass is 853 g/mol. The maximum atomic E-state index is 7.27. The van der Waals surface area contributed by atoms with Gasteiger partial charge in [0.15, 0.2) is 7.28 Å². The highest BCUT2D eigenvalue weighted by Crippen LogP contribution is 2.55. The summed E-state index contributed by atoms with van der Waals surface area (Å²) in [5, 5.41) is 8.72. The van der Waals surface area contributed by atoms with Gasteiger partial charge in [-0.15, -0.1) is 0 Å². The molecule has 1 radical (unpaired) electrons. The van der Waals surface area contributed by atoms with E-state index in [0.717, 1.165) is 38.9 Å². The number of nitrogens with one attached hydrogen (secondary N) is 1. The summed E-state index contributed by atoms with van der Waals surface area (Å²) in [5.74, 6) is 0. The molecule has 10 aromatic rings. The zero-order chi connectivity index (χ0) is 45.4. The van der Waals surface area contributed by atoms with Crippen LogP contribution in [0.3, 0.4) is 0 Å². The second-order valence-electron chi connectivity index (χ2n) is 22.5. The maximum absolute atomic E-state index is 7.27. The predicted molar refractivity (Wildman–Crippen MR) is 281 cm³/mol. The molecule has 4 heteroatoms. The third-order valence-corrected chi connectivity index (χ3v) is 15.7. The van der Waals surface area contributed by atoms with Crippen LogP contribution < -0.4 is 16.2 Å². The molecule has 8 aromatic carbocycles. The van der Waals surface area contributed by atoms with Gasteiger partial charge in [0.05, 0.1) is 16.4 Å². The molecular formula is C62H54BN2O. The van der Waals surface area contributed by atoms with Gasteiger partial charge in [-0.1, -0.05) is 166 Å². The summed E-state index contributed by atoms with van der Waals surface area (Å²) in [7, 11) is 2.51. The van der Waals surface area contributed by atoms with Crippen molar-refractivity contribution in [2.75, 3.05) is 5.32 Å². The Morgan fingerprint density at radius 1 is 0.530 bits per heavy atom. The fraction of sp³-hybridized carbons (Fsp3) is 0.226. The van der Waals surface area contributed by atoms with E-state index in [1.54, 1.807) is 0 Å². The first-order valence-corrected chi connectivity index (χ1v) is 23.8. The van der Waals surface area contributed by atoms with E-state index in [-0.39, 0.29) is 21.7 Å². The lowest BCUT2D eigenvalue weighted by Crippen LogP contribution is -2.38. The Labute approximate surface area is 388 Å². The van der Waals surface area contributed by atoms with Gasteiger partial charge in [-0.3, -0.25) is 0 Å². The third-order valence-electron chi connectivity index (χ3n) is 15.7. The first kappa shape index (κ1) is 39.6. The number of hydrogen-bond acceptors (Lipinski definition) is 2. The number of aromatic nitrogens is 1. The minimum absolute atomic E-state index is 0.0423. The van der Waals surface area contributed by atoms with Crippen molar-refractivity contribution < 1.29 is 4.42 Å². The molecule has 0 spiro atoms. The predicted octanol–water partition coefficient (Wildman–Crippen LogP) is 15.3. The summed E-state index contributed by atoms with van der Waals surface area (Å²) in [6.07, 6.45) is 0. The van der Waals surface area contributed by atoms with Crippen molar-refractivity contribution in [1.82, 2.24) is 4.57 Å². The summed E-state index contributed by atoms with van der Waals surface area (Å²) in [4.78, 5) is 0. The van der Waals surface area contributed by atoms with Gasteiger partial charge in [0.25, 0.3) is 0 Å². The van der Waals surface area contributed by atoms with Crippen molar-refractivity contribution in [2.45, 2.75) is 90.9 Å². The van der Waals surface area contributed by atoms with Crippen molar-refractivity contribution in [1.29, 1.82) is 0 Å². The molecule has 0 bridgehead atoms. The molecule has 3 heterocycles. The maximum Gasteiger partial charge on any atom is 0.197 e. The van der Waals surface area contributed by atoms with Gasteiger partial charge in [0.1, 0.15) is 11.2 Å². The van der Waals surface area contributed by atoms with Crippen molar-refractivity contribution in [2.24, 2.45) is 0 Å². The van der Waals surface area contributed by atoms with Crippen LogP contribution in [0.4, 0.5) is 11.4 Å². The summed E-state index contributed by atoms with van der Waals surface area (Å²) in [5.41, 5.74) is 25.4. The fourth-order valence-electron chi connectivity index (χ4n) is 12.1. The molecule has 66 heavy (non-hydrogen) atoms. The zero-order valence-electron chi connectivity index (χ0n) is 39.7. The van der Waals surface area contributed by atoms with Crippen LogP contribution >= 0.6 is 0 Å². The fourth-order valence-corrected chi connectivity index (χ4v) is 12.1. The second-order valence-corrected chi connectivity index (χ2v) is 22.5. The van der Waals surface area contributed by atoms with Crippen LogP contribution in [0.15, 0.2) is 144 Å². The minimum atomic E-state index is -0.181. The molecule has 0 saturated carbocycles. The van der Waals surface area contributed by atoms with Crippen molar-refractivity contribution in [3.8, 4) is 39.1 Å². The molecule has 0 atom stereocenters. The molecule has 2 aromatic heterocycles. The van der Waals surface area contributed by atoms with Crippen LogP contribution in [0.2, 0.25) is 0 Å². The number of benzene rings is 8. The number of fused-ring (bicyclic) bond motifs is 15. The SMILES string of the molecule is CC(C)(C)c1ccc(Nc2cc3c(cc2-c2c4c5c(c6cc(C(C)(C)C)ccc6n5-c5cc6c(cc5[B]4)-c4ccccc4C6(C)C)c4oc5ccccc5c24)-c2ccccc2C3(C)C)cc1. The van der Waals surface area contributed by atoms with Gasteiger partial charge >= 0.3 is 0 Å². The minimum Gasteiger partial charge on any atom is -0.455 e. The lowest BCUT2D eigenvalue weighted by atomic mass is 9.58. The van der Waals surface area contributed by atoms with Crippen LogP contribution in [0.1, 0.15) is 103 Å². The number of rotatable bonds is 3. The summed E-state index contributed by atoms with van der Waals surface area (Å²) in [6, 6.07) is 52.9. The van der Waals surface area contributed by atoms with E-state index in [4.69, 9.17) is 4.42 Å². The van der Waals surface area contributed by atoms with Gasteiger partial charge in [-0.25, -0.2) is 0 Å². The van der Waals surface area contributed by atoms with E-state index in [1.807, 2.05) is 0 Å². The molecule has 1 aliphatic heterocycles. The van der Waals surface area contributed by atoms with Crippen LogP contribution in [-0.2, 0) is 21.7 Å². The summed E-state index contributed by atoms with van der Waals surface area (Å²) < 4.78 is 9.86. The van der Waals surface area contributed by atoms with E-state index < -0.39 is 0 Å². The smallest absolute Gasteiger partial charge is 0.197 e. The van der Waals surface area contributed by atoms with Crippen LogP contribution in [-0.4, -0.2) is 11.8 Å². The highest BCUT2D eigenvalue weighted by atomic mass is 16.3. The molecule has 2 aliphatic carbocycles. The average molecular weight is 854 g/mol. The van der Waals surface area contributed by atoms with E-state index in [9.17, 15) is 0 Å². The molecule has 0 fully saturated rings. The van der Waals surface area contributed by atoms with E-state index >= 15 is 0 Å². The quantitative estimate of drug-likeness (QED) is 0.180. The Balaban J connectivity index is 1.19. The normalized spacial score (nSPS) is 15.2. The largest absolute Gasteiger partial charge is 0.455 e. The van der Waals surface area contributed by atoms with E-state index in [1.165, 1.54) is 99.6 Å². The van der Waals surface area contributed by atoms with E-state index in [2.05, 4.69) is 226 Å².